The molecule has 2 amide bonds. The predicted octanol–water partition coefficient (Wildman–Crippen LogP) is 4.26. The summed E-state index contributed by atoms with van der Waals surface area (Å²) in [4.78, 5) is 27.9. The van der Waals surface area contributed by atoms with Gasteiger partial charge >= 0.3 is 0 Å². The van der Waals surface area contributed by atoms with Crippen molar-refractivity contribution >= 4 is 39.1 Å². The van der Waals surface area contributed by atoms with Crippen LogP contribution in [0.4, 0.5) is 5.69 Å². The van der Waals surface area contributed by atoms with Gasteiger partial charge in [-0.2, -0.15) is 4.31 Å². The second-order valence-electron chi connectivity index (χ2n) is 9.87. The molecule has 0 radical (unpaired) electrons. The van der Waals surface area contributed by atoms with Gasteiger partial charge in [-0.25, -0.2) is 8.42 Å². The maximum Gasteiger partial charge on any atom is 0.257 e. The third kappa shape index (κ3) is 5.53. The molecule has 194 valence electrons. The minimum atomic E-state index is -3.81. The highest BCUT2D eigenvalue weighted by atomic mass is 35.5. The van der Waals surface area contributed by atoms with Crippen LogP contribution in [0.25, 0.3) is 0 Å². The molecule has 2 aromatic carbocycles. The van der Waals surface area contributed by atoms with Gasteiger partial charge in [0.25, 0.3) is 5.91 Å². The van der Waals surface area contributed by atoms with Crippen molar-refractivity contribution in [2.24, 2.45) is 11.8 Å². The highest BCUT2D eigenvalue weighted by Crippen LogP contribution is 2.37. The van der Waals surface area contributed by atoms with Crippen molar-refractivity contribution in [2.45, 2.75) is 50.7 Å². The molecule has 1 aliphatic carbocycles. The number of fused-ring (bicyclic) bond motifs is 1. The number of anilines is 1. The number of nitrogens with zero attached hydrogens (tertiary/aromatic N) is 2. The van der Waals surface area contributed by atoms with Gasteiger partial charge in [0.1, 0.15) is 6.10 Å². The number of hydrogen-bond acceptors (Lipinski definition) is 5. The lowest BCUT2D eigenvalue weighted by Gasteiger charge is -2.38. The normalized spacial score (nSPS) is 20.5. The summed E-state index contributed by atoms with van der Waals surface area (Å²) < 4.78 is 34.2. The number of hydrogen-bond donors (Lipinski definition) is 1. The molecule has 0 bridgehead atoms. The first-order valence-corrected chi connectivity index (χ1v) is 13.9. The van der Waals surface area contributed by atoms with Gasteiger partial charge in [0.2, 0.25) is 15.9 Å². The average Bonchev–Trinajstić information content (AvgIpc) is 3.67. The molecule has 1 aliphatic heterocycles. The standard InChI is InChI=1S/C26H32ClN3O5S/c1-16(2)30-14-17(3)23(15-29(4)36(33,34)20-12-10-19(27)11-13-20)35-24-21(26(30)32)6-5-7-22(24)28-25(31)18-8-9-18/h5-7,10-13,16-18,23H,8-9,14-15H2,1-4H3,(H,28,31)/t17-,23-/m0/s1. The highest BCUT2D eigenvalue weighted by Gasteiger charge is 2.36. The van der Waals surface area contributed by atoms with E-state index in [1.54, 1.807) is 23.1 Å². The lowest BCUT2D eigenvalue weighted by atomic mass is 9.99. The van der Waals surface area contributed by atoms with E-state index in [1.165, 1.54) is 35.6 Å². The Kier molecular flexibility index (Phi) is 7.64. The number of carbonyl (C=O) groups excluding carboxylic acids is 2. The van der Waals surface area contributed by atoms with Crippen LogP contribution >= 0.6 is 11.6 Å². The molecule has 10 heteroatoms. The second-order valence-corrected chi connectivity index (χ2v) is 12.4. The van der Waals surface area contributed by atoms with Crippen LogP contribution < -0.4 is 10.1 Å². The van der Waals surface area contributed by atoms with Gasteiger partial charge in [-0.05, 0) is 63.1 Å². The molecule has 1 heterocycles. The number of halogens is 1. The summed E-state index contributed by atoms with van der Waals surface area (Å²) in [5.74, 6) is -0.234. The number of carbonyl (C=O) groups is 2. The van der Waals surface area contributed by atoms with E-state index < -0.39 is 16.1 Å². The van der Waals surface area contributed by atoms with Gasteiger partial charge < -0.3 is 15.0 Å². The van der Waals surface area contributed by atoms with Crippen LogP contribution in [-0.4, -0.2) is 61.7 Å². The van der Waals surface area contributed by atoms with Crippen LogP contribution in [0.5, 0.6) is 5.75 Å². The molecule has 36 heavy (non-hydrogen) atoms. The van der Waals surface area contributed by atoms with E-state index in [1.807, 2.05) is 20.8 Å². The van der Waals surface area contributed by atoms with Crippen LogP contribution in [0.1, 0.15) is 44.0 Å². The Bertz CT molecular complexity index is 1240. The summed E-state index contributed by atoms with van der Waals surface area (Å²) in [5, 5.41) is 3.36. The Morgan fingerprint density at radius 1 is 1.19 bits per heavy atom. The lowest BCUT2D eigenvalue weighted by Crippen LogP contribution is -2.49. The third-order valence-electron chi connectivity index (χ3n) is 6.68. The third-order valence-corrected chi connectivity index (χ3v) is 8.77. The molecular weight excluding hydrogens is 502 g/mol. The Balaban J connectivity index is 1.69. The maximum absolute atomic E-state index is 13.5. The summed E-state index contributed by atoms with van der Waals surface area (Å²) in [6.07, 6.45) is 1.10. The number of likely N-dealkylation sites (N-methyl/N-ethyl adjacent to an activating group) is 1. The number of rotatable bonds is 7. The molecule has 1 fully saturated rings. The summed E-state index contributed by atoms with van der Waals surface area (Å²) in [6, 6.07) is 11.0. The number of amides is 2. The molecule has 2 atom stereocenters. The van der Waals surface area contributed by atoms with Gasteiger partial charge in [-0.3, -0.25) is 9.59 Å². The number of nitrogens with one attached hydrogen (secondary N) is 1. The number of para-hydroxylation sites is 1. The number of sulfonamides is 1. The highest BCUT2D eigenvalue weighted by molar-refractivity contribution is 7.89. The molecule has 0 spiro atoms. The zero-order valence-corrected chi connectivity index (χ0v) is 22.5. The Labute approximate surface area is 217 Å². The van der Waals surface area contributed by atoms with Crippen molar-refractivity contribution in [3.05, 3.63) is 53.1 Å². The molecular formula is C26H32ClN3O5S. The van der Waals surface area contributed by atoms with Gasteiger partial charge in [0.15, 0.2) is 5.75 Å². The molecule has 0 unspecified atom stereocenters. The van der Waals surface area contributed by atoms with E-state index in [4.69, 9.17) is 16.3 Å². The van der Waals surface area contributed by atoms with Gasteiger partial charge in [-0.15, -0.1) is 0 Å². The van der Waals surface area contributed by atoms with Crippen molar-refractivity contribution in [2.75, 3.05) is 25.5 Å². The zero-order valence-electron chi connectivity index (χ0n) is 20.9. The monoisotopic (exact) mass is 533 g/mol. The fourth-order valence-corrected chi connectivity index (χ4v) is 5.55. The lowest BCUT2D eigenvalue weighted by molar-refractivity contribution is -0.117. The minimum Gasteiger partial charge on any atom is -0.486 e. The fraction of sp³-hybridized carbons (Fsp3) is 0.462. The molecule has 1 saturated carbocycles. The first-order chi connectivity index (χ1) is 17.0. The van der Waals surface area contributed by atoms with E-state index in [0.29, 0.717) is 22.8 Å². The molecule has 8 nitrogen and oxygen atoms in total. The van der Waals surface area contributed by atoms with Crippen molar-refractivity contribution in [3.63, 3.8) is 0 Å². The van der Waals surface area contributed by atoms with Crippen molar-refractivity contribution in [3.8, 4) is 5.75 Å². The van der Waals surface area contributed by atoms with E-state index in [0.717, 1.165) is 12.8 Å². The predicted molar refractivity (Wildman–Crippen MR) is 139 cm³/mol. The molecule has 4 rings (SSSR count). The Hall–Kier alpha value is -2.62. The number of benzene rings is 2. The van der Waals surface area contributed by atoms with Crippen molar-refractivity contribution in [1.29, 1.82) is 0 Å². The van der Waals surface area contributed by atoms with Gasteiger partial charge in [0.05, 0.1) is 22.7 Å². The Morgan fingerprint density at radius 2 is 1.86 bits per heavy atom. The Morgan fingerprint density at radius 3 is 2.47 bits per heavy atom. The summed E-state index contributed by atoms with van der Waals surface area (Å²) >= 11 is 5.93. The van der Waals surface area contributed by atoms with Gasteiger partial charge in [0, 0.05) is 36.5 Å². The molecule has 0 saturated heterocycles. The van der Waals surface area contributed by atoms with Gasteiger partial charge in [-0.1, -0.05) is 24.6 Å². The molecule has 2 aromatic rings. The zero-order chi connectivity index (χ0) is 26.2. The van der Waals surface area contributed by atoms with E-state index in [9.17, 15) is 18.0 Å². The molecule has 0 aromatic heterocycles. The van der Waals surface area contributed by atoms with Crippen LogP contribution in [0.15, 0.2) is 47.4 Å². The summed E-state index contributed by atoms with van der Waals surface area (Å²) in [5.41, 5.74) is 0.765. The fourth-order valence-electron chi connectivity index (χ4n) is 4.24. The smallest absolute Gasteiger partial charge is 0.257 e. The SMILES string of the molecule is CC(C)N1C[C@H](C)[C@H](CN(C)S(=O)(=O)c2ccc(Cl)cc2)Oc2c(NC(=O)C3CC3)cccc2C1=O. The van der Waals surface area contributed by atoms with Crippen molar-refractivity contribution < 1.29 is 22.7 Å². The second kappa shape index (κ2) is 10.4. The first-order valence-electron chi connectivity index (χ1n) is 12.1. The van der Waals surface area contributed by atoms with E-state index in [2.05, 4.69) is 5.32 Å². The molecule has 1 N–H and O–H groups in total. The average molecular weight is 534 g/mol. The number of ether oxygens (including phenoxy) is 1. The quantitative estimate of drug-likeness (QED) is 0.574. The van der Waals surface area contributed by atoms with Crippen LogP contribution in [0.3, 0.4) is 0 Å². The van der Waals surface area contributed by atoms with Crippen LogP contribution in [0, 0.1) is 11.8 Å². The van der Waals surface area contributed by atoms with E-state index >= 15 is 0 Å². The van der Waals surface area contributed by atoms with E-state index in [-0.39, 0.29) is 46.9 Å². The summed E-state index contributed by atoms with van der Waals surface area (Å²) in [7, 11) is -2.30. The largest absolute Gasteiger partial charge is 0.486 e. The molecule has 2 aliphatic rings. The topological polar surface area (TPSA) is 96.0 Å². The minimum absolute atomic E-state index is 0.0253. The summed E-state index contributed by atoms with van der Waals surface area (Å²) in [6.45, 7) is 6.27. The van der Waals surface area contributed by atoms with Crippen LogP contribution in [-0.2, 0) is 14.8 Å². The van der Waals surface area contributed by atoms with Crippen LogP contribution in [0.2, 0.25) is 5.02 Å². The first kappa shape index (κ1) is 26.4. The maximum atomic E-state index is 13.5. The van der Waals surface area contributed by atoms with Crippen molar-refractivity contribution in [1.82, 2.24) is 9.21 Å².